The zero-order valence-electron chi connectivity index (χ0n) is 16.9. The summed E-state index contributed by atoms with van der Waals surface area (Å²) in [4.78, 5) is 25.2. The minimum atomic E-state index is -0.236. The third-order valence-corrected chi connectivity index (χ3v) is 5.20. The summed E-state index contributed by atoms with van der Waals surface area (Å²) in [6.07, 6.45) is 0. The van der Waals surface area contributed by atoms with E-state index >= 15 is 0 Å². The molecule has 3 aromatic rings. The minimum Gasteiger partial charge on any atom is -0.493 e. The molecule has 0 saturated heterocycles. The van der Waals surface area contributed by atoms with E-state index in [-0.39, 0.29) is 18.4 Å². The van der Waals surface area contributed by atoms with Gasteiger partial charge < -0.3 is 24.8 Å². The van der Waals surface area contributed by atoms with Gasteiger partial charge in [0.1, 0.15) is 0 Å². The first-order chi connectivity index (χ1) is 14.5. The van der Waals surface area contributed by atoms with E-state index in [1.54, 1.807) is 56.7 Å². The van der Waals surface area contributed by atoms with E-state index in [4.69, 9.17) is 14.2 Å². The second-order valence-corrected chi connectivity index (χ2v) is 7.17. The maximum absolute atomic E-state index is 12.5. The highest BCUT2D eigenvalue weighted by Crippen LogP contribution is 2.38. The maximum atomic E-state index is 12.5. The van der Waals surface area contributed by atoms with Crippen LogP contribution in [0.25, 0.3) is 0 Å². The van der Waals surface area contributed by atoms with Gasteiger partial charge in [0.05, 0.1) is 26.2 Å². The van der Waals surface area contributed by atoms with E-state index in [9.17, 15) is 9.59 Å². The van der Waals surface area contributed by atoms with Crippen LogP contribution in [0.4, 0.5) is 5.69 Å². The highest BCUT2D eigenvalue weighted by Gasteiger charge is 2.14. The molecule has 2 amide bonds. The molecule has 1 aromatic heterocycles. The summed E-state index contributed by atoms with van der Waals surface area (Å²) in [5, 5.41) is 7.51. The molecule has 2 aromatic carbocycles. The number of methoxy groups -OCH3 is 3. The number of ether oxygens (including phenoxy) is 3. The van der Waals surface area contributed by atoms with E-state index in [0.717, 1.165) is 5.56 Å². The summed E-state index contributed by atoms with van der Waals surface area (Å²) in [7, 11) is 4.62. The Kier molecular flexibility index (Phi) is 6.92. The van der Waals surface area contributed by atoms with Gasteiger partial charge in [-0.05, 0) is 53.4 Å². The lowest BCUT2D eigenvalue weighted by Gasteiger charge is -2.14. The van der Waals surface area contributed by atoms with E-state index in [1.807, 2.05) is 11.4 Å². The molecule has 3 rings (SSSR count). The van der Waals surface area contributed by atoms with Gasteiger partial charge in [0.25, 0.3) is 11.8 Å². The first-order valence-corrected chi connectivity index (χ1v) is 9.95. The van der Waals surface area contributed by atoms with Crippen LogP contribution in [0.15, 0.2) is 53.9 Å². The van der Waals surface area contributed by atoms with Crippen molar-refractivity contribution in [2.45, 2.75) is 6.54 Å². The van der Waals surface area contributed by atoms with Crippen molar-refractivity contribution in [2.24, 2.45) is 0 Å². The summed E-state index contributed by atoms with van der Waals surface area (Å²) in [6.45, 7) is 0.284. The van der Waals surface area contributed by atoms with Crippen LogP contribution in [0.1, 0.15) is 25.6 Å². The van der Waals surface area contributed by atoms with Gasteiger partial charge in [-0.1, -0.05) is 6.07 Å². The van der Waals surface area contributed by atoms with Gasteiger partial charge in [0, 0.05) is 17.8 Å². The molecule has 1 heterocycles. The van der Waals surface area contributed by atoms with Gasteiger partial charge in [-0.2, -0.15) is 0 Å². The first-order valence-electron chi connectivity index (χ1n) is 9.07. The van der Waals surface area contributed by atoms with Gasteiger partial charge in [-0.15, -0.1) is 11.3 Å². The summed E-state index contributed by atoms with van der Waals surface area (Å²) >= 11 is 1.37. The average molecular weight is 426 g/mol. The molecule has 0 aliphatic rings. The minimum absolute atomic E-state index is 0.176. The zero-order chi connectivity index (χ0) is 21.5. The predicted octanol–water partition coefficient (Wildman–Crippen LogP) is 3.96. The van der Waals surface area contributed by atoms with Crippen LogP contribution in [-0.4, -0.2) is 33.1 Å². The number of hydrogen-bond donors (Lipinski definition) is 2. The number of benzene rings is 2. The average Bonchev–Trinajstić information content (AvgIpc) is 3.32. The molecule has 0 radical (unpaired) electrons. The molecule has 156 valence electrons. The van der Waals surface area contributed by atoms with Crippen molar-refractivity contribution >= 4 is 28.8 Å². The topological polar surface area (TPSA) is 85.9 Å². The Labute approximate surface area is 178 Å². The number of nitrogens with one attached hydrogen (secondary N) is 2. The van der Waals surface area contributed by atoms with Crippen molar-refractivity contribution in [3.05, 3.63) is 69.9 Å². The number of hydrogen-bond acceptors (Lipinski definition) is 6. The molecule has 0 aliphatic heterocycles. The second-order valence-electron chi connectivity index (χ2n) is 6.23. The van der Waals surface area contributed by atoms with E-state index in [2.05, 4.69) is 10.6 Å². The van der Waals surface area contributed by atoms with Crippen LogP contribution in [0.5, 0.6) is 17.2 Å². The number of amides is 2. The van der Waals surface area contributed by atoms with Crippen molar-refractivity contribution in [3.63, 3.8) is 0 Å². The summed E-state index contributed by atoms with van der Waals surface area (Å²) in [5.74, 6) is 1.12. The Hall–Kier alpha value is -3.52. The van der Waals surface area contributed by atoms with Gasteiger partial charge in [0.15, 0.2) is 11.5 Å². The molecule has 0 atom stereocenters. The lowest BCUT2D eigenvalue weighted by Crippen LogP contribution is -2.22. The number of carbonyl (C=O) groups excluding carboxylic acids is 2. The fourth-order valence-electron chi connectivity index (χ4n) is 2.83. The van der Waals surface area contributed by atoms with Crippen molar-refractivity contribution in [1.82, 2.24) is 5.32 Å². The molecular weight excluding hydrogens is 404 g/mol. The number of carbonyl (C=O) groups is 2. The quantitative estimate of drug-likeness (QED) is 0.570. The monoisotopic (exact) mass is 426 g/mol. The largest absolute Gasteiger partial charge is 0.493 e. The van der Waals surface area contributed by atoms with Crippen molar-refractivity contribution < 1.29 is 23.8 Å². The van der Waals surface area contributed by atoms with Crippen molar-refractivity contribution in [2.75, 3.05) is 26.6 Å². The van der Waals surface area contributed by atoms with Gasteiger partial charge in [0.2, 0.25) is 5.75 Å². The fraction of sp³-hybridized carbons (Fsp3) is 0.182. The molecule has 0 unspecified atom stereocenters. The van der Waals surface area contributed by atoms with Crippen LogP contribution >= 0.6 is 11.3 Å². The van der Waals surface area contributed by atoms with E-state index in [0.29, 0.717) is 33.4 Å². The highest BCUT2D eigenvalue weighted by molar-refractivity contribution is 7.12. The Morgan fingerprint density at radius 1 is 0.900 bits per heavy atom. The third-order valence-electron chi connectivity index (χ3n) is 4.33. The number of anilines is 1. The molecule has 0 fully saturated rings. The summed E-state index contributed by atoms with van der Waals surface area (Å²) in [5.41, 5.74) is 1.91. The number of rotatable bonds is 8. The van der Waals surface area contributed by atoms with Crippen LogP contribution < -0.4 is 24.8 Å². The van der Waals surface area contributed by atoms with Crippen LogP contribution in [0, 0.1) is 0 Å². The standard InChI is InChI=1S/C22H22N2O5S/c1-27-17-11-14(12-18(28-2)20(17)29-3)13-23-21(25)15-6-8-16(9-7-15)24-22(26)19-5-4-10-30-19/h4-12H,13H2,1-3H3,(H,23,25)(H,24,26). The Morgan fingerprint density at radius 3 is 2.10 bits per heavy atom. The molecule has 7 nitrogen and oxygen atoms in total. The zero-order valence-corrected chi connectivity index (χ0v) is 17.7. The van der Waals surface area contributed by atoms with Crippen molar-refractivity contribution in [3.8, 4) is 17.2 Å². The number of thiophene rings is 1. The molecule has 0 saturated carbocycles. The second kappa shape index (κ2) is 9.80. The van der Waals surface area contributed by atoms with Gasteiger partial charge in [-0.25, -0.2) is 0 Å². The summed E-state index contributed by atoms with van der Waals surface area (Å²) < 4.78 is 16.0. The van der Waals surface area contributed by atoms with Crippen LogP contribution in [0.2, 0.25) is 0 Å². The molecule has 30 heavy (non-hydrogen) atoms. The summed E-state index contributed by atoms with van der Waals surface area (Å²) in [6, 6.07) is 13.9. The molecule has 0 aliphatic carbocycles. The van der Waals surface area contributed by atoms with Crippen LogP contribution in [-0.2, 0) is 6.54 Å². The van der Waals surface area contributed by atoms with Crippen LogP contribution in [0.3, 0.4) is 0 Å². The lowest BCUT2D eigenvalue weighted by molar-refractivity contribution is 0.0950. The van der Waals surface area contributed by atoms with Gasteiger partial charge >= 0.3 is 0 Å². The fourth-order valence-corrected chi connectivity index (χ4v) is 3.45. The smallest absolute Gasteiger partial charge is 0.265 e. The molecule has 0 bridgehead atoms. The third kappa shape index (κ3) is 4.90. The SMILES string of the molecule is COc1cc(CNC(=O)c2ccc(NC(=O)c3cccs3)cc2)cc(OC)c1OC. The maximum Gasteiger partial charge on any atom is 0.265 e. The van der Waals surface area contributed by atoms with E-state index in [1.165, 1.54) is 18.4 Å². The molecule has 0 spiro atoms. The Morgan fingerprint density at radius 2 is 1.57 bits per heavy atom. The highest BCUT2D eigenvalue weighted by atomic mass is 32.1. The Balaban J connectivity index is 1.63. The van der Waals surface area contributed by atoms with Crippen molar-refractivity contribution in [1.29, 1.82) is 0 Å². The molecular formula is C22H22N2O5S. The normalized spacial score (nSPS) is 10.2. The van der Waals surface area contributed by atoms with E-state index < -0.39 is 0 Å². The first kappa shape index (κ1) is 21.2. The van der Waals surface area contributed by atoms with Gasteiger partial charge in [-0.3, -0.25) is 9.59 Å². The lowest BCUT2D eigenvalue weighted by atomic mass is 10.1. The molecule has 2 N–H and O–H groups in total. The predicted molar refractivity (Wildman–Crippen MR) is 116 cm³/mol. The Bertz CT molecular complexity index is 992. The molecule has 8 heteroatoms.